The summed E-state index contributed by atoms with van der Waals surface area (Å²) in [5.41, 5.74) is 5.65. The van der Waals surface area contributed by atoms with Gasteiger partial charge in [-0.15, -0.1) is 0 Å². The second-order valence-electron chi connectivity index (χ2n) is 9.62. The zero-order valence-electron chi connectivity index (χ0n) is 19.3. The average molecular weight is 455 g/mol. The van der Waals surface area contributed by atoms with E-state index in [1.54, 1.807) is 0 Å². The van der Waals surface area contributed by atoms with Gasteiger partial charge in [-0.2, -0.15) is 0 Å². The van der Waals surface area contributed by atoms with Crippen molar-refractivity contribution in [2.75, 3.05) is 26.2 Å². The van der Waals surface area contributed by atoms with E-state index in [0.717, 1.165) is 61.3 Å². The molecule has 5 heteroatoms. The van der Waals surface area contributed by atoms with Gasteiger partial charge in [0.15, 0.2) is 0 Å². The number of rotatable bonds is 4. The molecule has 4 aliphatic heterocycles. The van der Waals surface area contributed by atoms with E-state index in [1.807, 2.05) is 6.07 Å². The van der Waals surface area contributed by atoms with Gasteiger partial charge in [0.2, 0.25) is 0 Å². The molecule has 3 saturated heterocycles. The number of fused-ring (bicyclic) bond motifs is 4. The summed E-state index contributed by atoms with van der Waals surface area (Å²) in [7, 11) is 0. The lowest BCUT2D eigenvalue weighted by molar-refractivity contribution is -0.0342. The van der Waals surface area contributed by atoms with Crippen LogP contribution in [0.4, 0.5) is 4.79 Å². The third kappa shape index (κ3) is 4.28. The van der Waals surface area contributed by atoms with Gasteiger partial charge in [-0.25, -0.2) is 4.79 Å². The van der Waals surface area contributed by atoms with E-state index in [0.29, 0.717) is 12.5 Å². The summed E-state index contributed by atoms with van der Waals surface area (Å²) in [6, 6.07) is 25.1. The lowest BCUT2D eigenvalue weighted by Crippen LogP contribution is -2.52. The van der Waals surface area contributed by atoms with Crippen molar-refractivity contribution in [3.05, 3.63) is 78.4 Å². The molecular weight excluding hydrogens is 424 g/mol. The molecular formula is C29H30N2O3. The van der Waals surface area contributed by atoms with Crippen molar-refractivity contribution in [2.45, 2.75) is 31.4 Å². The Morgan fingerprint density at radius 2 is 1.59 bits per heavy atom. The maximum atomic E-state index is 12.7. The Kier molecular flexibility index (Phi) is 5.71. The van der Waals surface area contributed by atoms with Crippen LogP contribution in [-0.4, -0.2) is 43.3 Å². The van der Waals surface area contributed by atoms with Crippen LogP contribution in [0, 0.1) is 5.92 Å². The minimum atomic E-state index is -0.309. The molecule has 34 heavy (non-hydrogen) atoms. The molecule has 7 rings (SSSR count). The van der Waals surface area contributed by atoms with Gasteiger partial charge < -0.3 is 14.8 Å². The van der Waals surface area contributed by atoms with Crippen LogP contribution in [0.3, 0.4) is 0 Å². The summed E-state index contributed by atoms with van der Waals surface area (Å²) in [5.74, 6) is 1.34. The zero-order valence-corrected chi connectivity index (χ0v) is 19.3. The lowest BCUT2D eigenvalue weighted by Gasteiger charge is -2.44. The van der Waals surface area contributed by atoms with Gasteiger partial charge in [0.1, 0.15) is 11.9 Å². The largest absolute Gasteiger partial charge is 0.493 e. The quantitative estimate of drug-likeness (QED) is 0.552. The molecule has 4 heterocycles. The topological polar surface area (TPSA) is 50.8 Å². The van der Waals surface area contributed by atoms with Gasteiger partial charge in [0.05, 0.1) is 12.6 Å². The SMILES string of the molecule is O=C(NC1CCOc2cc(-c3cccc(-c4ccccc4)c3)ccc21)O[C@@H]1CN2CCC1CC2. The summed E-state index contributed by atoms with van der Waals surface area (Å²) < 4.78 is 11.9. The summed E-state index contributed by atoms with van der Waals surface area (Å²) in [4.78, 5) is 15.1. The molecule has 1 unspecified atom stereocenters. The Balaban J connectivity index is 1.18. The highest BCUT2D eigenvalue weighted by atomic mass is 16.6. The fourth-order valence-corrected chi connectivity index (χ4v) is 5.59. The van der Waals surface area contributed by atoms with E-state index in [1.165, 1.54) is 11.1 Å². The molecule has 0 aromatic heterocycles. The van der Waals surface area contributed by atoms with Gasteiger partial charge in [-0.05, 0) is 66.2 Å². The molecule has 3 aromatic carbocycles. The van der Waals surface area contributed by atoms with Gasteiger partial charge >= 0.3 is 6.09 Å². The highest BCUT2D eigenvalue weighted by molar-refractivity contribution is 5.74. The predicted octanol–water partition coefficient (Wildman–Crippen LogP) is 5.66. The smallest absolute Gasteiger partial charge is 0.407 e. The number of nitrogens with one attached hydrogen (secondary N) is 1. The molecule has 5 nitrogen and oxygen atoms in total. The maximum absolute atomic E-state index is 12.7. The van der Waals surface area contributed by atoms with E-state index >= 15 is 0 Å². The van der Waals surface area contributed by atoms with E-state index in [-0.39, 0.29) is 18.2 Å². The van der Waals surface area contributed by atoms with E-state index < -0.39 is 0 Å². The summed E-state index contributed by atoms with van der Waals surface area (Å²) in [5, 5.41) is 3.11. The molecule has 1 amide bonds. The van der Waals surface area contributed by atoms with Crippen molar-refractivity contribution in [1.82, 2.24) is 10.2 Å². The summed E-state index contributed by atoms with van der Waals surface area (Å²) >= 11 is 0. The molecule has 4 aliphatic rings. The molecule has 0 aliphatic carbocycles. The Labute approximate surface area is 200 Å². The number of benzene rings is 3. The highest BCUT2D eigenvalue weighted by Gasteiger charge is 2.37. The van der Waals surface area contributed by atoms with Crippen molar-refractivity contribution < 1.29 is 14.3 Å². The maximum Gasteiger partial charge on any atom is 0.407 e. The molecule has 1 N–H and O–H groups in total. The van der Waals surface area contributed by atoms with E-state index in [2.05, 4.69) is 76.9 Å². The Morgan fingerprint density at radius 1 is 0.853 bits per heavy atom. The number of carbonyl (C=O) groups is 1. The fourth-order valence-electron chi connectivity index (χ4n) is 5.59. The van der Waals surface area contributed by atoms with Crippen molar-refractivity contribution in [2.24, 2.45) is 5.92 Å². The summed E-state index contributed by atoms with van der Waals surface area (Å²) in [6.45, 7) is 3.71. The molecule has 0 saturated carbocycles. The number of nitrogens with zero attached hydrogens (tertiary/aromatic N) is 1. The summed E-state index contributed by atoms with van der Waals surface area (Å²) in [6.07, 6.45) is 2.71. The third-order valence-corrected chi connectivity index (χ3v) is 7.50. The van der Waals surface area contributed by atoms with Crippen molar-refractivity contribution in [3.8, 4) is 28.0 Å². The molecule has 0 radical (unpaired) electrons. The minimum absolute atomic E-state index is 0.0149. The van der Waals surface area contributed by atoms with Crippen LogP contribution in [-0.2, 0) is 4.74 Å². The minimum Gasteiger partial charge on any atom is -0.493 e. The first-order valence-corrected chi connectivity index (χ1v) is 12.3. The number of amides is 1. The second kappa shape index (κ2) is 9.15. The Morgan fingerprint density at radius 3 is 2.35 bits per heavy atom. The van der Waals surface area contributed by atoms with Crippen LogP contribution in [0.2, 0.25) is 0 Å². The lowest BCUT2D eigenvalue weighted by atomic mass is 9.86. The monoisotopic (exact) mass is 454 g/mol. The Hall–Kier alpha value is -3.31. The second-order valence-corrected chi connectivity index (χ2v) is 9.62. The number of carbonyl (C=O) groups excluding carboxylic acids is 1. The molecule has 174 valence electrons. The number of alkyl carbamates (subject to hydrolysis) is 1. The van der Waals surface area contributed by atoms with Gasteiger partial charge in [-0.3, -0.25) is 4.90 Å². The van der Waals surface area contributed by atoms with Crippen LogP contribution in [0.15, 0.2) is 72.8 Å². The number of ether oxygens (including phenoxy) is 2. The van der Waals surface area contributed by atoms with Crippen LogP contribution in [0.5, 0.6) is 5.75 Å². The first-order valence-electron chi connectivity index (χ1n) is 12.3. The molecule has 2 bridgehead atoms. The molecule has 3 aromatic rings. The predicted molar refractivity (Wildman–Crippen MR) is 133 cm³/mol. The fraction of sp³-hybridized carbons (Fsp3) is 0.345. The molecule has 0 spiro atoms. The number of hydrogen-bond acceptors (Lipinski definition) is 4. The van der Waals surface area contributed by atoms with Crippen LogP contribution in [0.1, 0.15) is 30.9 Å². The number of piperidine rings is 3. The standard InChI is InChI=1S/C29H30N2O3/c32-29(34-28-19-31-14-11-21(28)12-15-31)30-26-13-16-33-27-18-24(9-10-25(26)27)23-8-4-7-22(17-23)20-5-2-1-3-6-20/h1-10,17-18,21,26,28H,11-16,19H2,(H,30,32)/t26?,28-/m1/s1. The number of hydrogen-bond donors (Lipinski definition) is 1. The van der Waals surface area contributed by atoms with Crippen molar-refractivity contribution in [3.63, 3.8) is 0 Å². The van der Waals surface area contributed by atoms with Gasteiger partial charge in [0, 0.05) is 18.5 Å². The van der Waals surface area contributed by atoms with Gasteiger partial charge in [-0.1, -0.05) is 60.7 Å². The average Bonchev–Trinajstić information content (AvgIpc) is 2.90. The first-order chi connectivity index (χ1) is 16.7. The van der Waals surface area contributed by atoms with E-state index in [9.17, 15) is 4.79 Å². The van der Waals surface area contributed by atoms with Crippen LogP contribution >= 0.6 is 0 Å². The van der Waals surface area contributed by atoms with E-state index in [4.69, 9.17) is 9.47 Å². The zero-order chi connectivity index (χ0) is 22.9. The molecule has 2 atom stereocenters. The Bertz CT molecular complexity index is 1170. The van der Waals surface area contributed by atoms with Gasteiger partial charge in [0.25, 0.3) is 0 Å². The highest BCUT2D eigenvalue weighted by Crippen LogP contribution is 2.37. The first kappa shape index (κ1) is 21.2. The van der Waals surface area contributed by atoms with Crippen molar-refractivity contribution in [1.29, 1.82) is 0 Å². The van der Waals surface area contributed by atoms with Crippen LogP contribution < -0.4 is 10.1 Å². The van der Waals surface area contributed by atoms with Crippen LogP contribution in [0.25, 0.3) is 22.3 Å². The third-order valence-electron chi connectivity index (χ3n) is 7.50. The molecule has 3 fully saturated rings. The normalized spacial score (nSPS) is 25.2. The van der Waals surface area contributed by atoms with Crippen molar-refractivity contribution >= 4 is 6.09 Å².